The van der Waals surface area contributed by atoms with Gasteiger partial charge in [0.1, 0.15) is 6.54 Å². The molecule has 0 saturated carbocycles. The van der Waals surface area contributed by atoms with Crippen molar-refractivity contribution in [2.45, 2.75) is 6.54 Å². The van der Waals surface area contributed by atoms with Gasteiger partial charge in [0.15, 0.2) is 11.1 Å². The highest BCUT2D eigenvalue weighted by molar-refractivity contribution is 5.99. The number of pyridine rings is 2. The van der Waals surface area contributed by atoms with Gasteiger partial charge in [-0.1, -0.05) is 0 Å². The minimum atomic E-state index is -2.35. The summed E-state index contributed by atoms with van der Waals surface area (Å²) in [7, 11) is 0. The van der Waals surface area contributed by atoms with E-state index in [4.69, 9.17) is 8.53 Å². The van der Waals surface area contributed by atoms with E-state index in [2.05, 4.69) is 9.97 Å². The zero-order valence-corrected chi connectivity index (χ0v) is 10.4. The second-order valence-corrected chi connectivity index (χ2v) is 4.88. The fourth-order valence-electron chi connectivity index (χ4n) is 2.98. The van der Waals surface area contributed by atoms with Gasteiger partial charge < -0.3 is 4.42 Å². The number of imidazole rings is 1. The summed E-state index contributed by atoms with van der Waals surface area (Å²) in [6.45, 7) is -1.79. The summed E-state index contributed by atoms with van der Waals surface area (Å²) in [5.41, 5.74) is 4.16. The van der Waals surface area contributed by atoms with Gasteiger partial charge in [0.05, 0.1) is 16.7 Å². The molecule has 0 spiro atoms. The lowest BCUT2D eigenvalue weighted by molar-refractivity contribution is -0.640. The van der Waals surface area contributed by atoms with Crippen molar-refractivity contribution in [3.05, 3.63) is 42.4 Å². The number of rotatable bonds is 0. The average molecular weight is 266 g/mol. The number of furan rings is 1. The maximum Gasteiger partial charge on any atom is 0.340 e. The topological polar surface area (TPSA) is 47.7 Å². The zero-order valence-electron chi connectivity index (χ0n) is 13.4. The normalized spacial score (nSPS) is 15.9. The fourth-order valence-corrected chi connectivity index (χ4v) is 2.98. The van der Waals surface area contributed by atoms with Crippen LogP contribution in [0.1, 0.15) is 9.68 Å². The first-order chi connectivity index (χ1) is 11.1. The quantitative estimate of drug-likeness (QED) is 0.403. The summed E-state index contributed by atoms with van der Waals surface area (Å²) in [5.74, 6) is 0.615. The first-order valence-electron chi connectivity index (χ1n) is 7.81. The Morgan fingerprint density at radius 1 is 1.40 bits per heavy atom. The number of aryl methyl sites for hydroxylation is 1. The minimum absolute atomic E-state index is 0.330. The molecule has 0 fully saturated rings. The standard InChI is InChI=1S/C15H11N4O/c1-18-14-10-4-6-16-7-9(10)8-19(14)13-12-11(20-15(13)18)3-2-5-17-12/h2-7H,8H2,1H3/q+1/i1D3. The van der Waals surface area contributed by atoms with Crippen LogP contribution in [0, 0.1) is 0 Å². The van der Waals surface area contributed by atoms with Gasteiger partial charge in [-0.25, -0.2) is 9.55 Å². The summed E-state index contributed by atoms with van der Waals surface area (Å²) in [5, 5.41) is 0. The van der Waals surface area contributed by atoms with Gasteiger partial charge in [-0.2, -0.15) is 4.57 Å². The Morgan fingerprint density at radius 3 is 3.35 bits per heavy atom. The summed E-state index contributed by atoms with van der Waals surface area (Å²) in [6, 6.07) is 5.40. The lowest BCUT2D eigenvalue weighted by Crippen LogP contribution is -2.29. The Hall–Kier alpha value is -2.69. The third-order valence-electron chi connectivity index (χ3n) is 3.82. The van der Waals surface area contributed by atoms with E-state index in [1.807, 2.05) is 10.6 Å². The Labute approximate surface area is 118 Å². The average Bonchev–Trinajstić information content (AvgIpc) is 3.12. The van der Waals surface area contributed by atoms with Gasteiger partial charge in [0.2, 0.25) is 5.52 Å². The molecule has 0 radical (unpaired) electrons. The molecule has 20 heavy (non-hydrogen) atoms. The van der Waals surface area contributed by atoms with Gasteiger partial charge in [-0.15, -0.1) is 0 Å². The molecule has 4 aromatic rings. The summed E-state index contributed by atoms with van der Waals surface area (Å²) in [6.07, 6.45) is 5.12. The van der Waals surface area contributed by atoms with Crippen LogP contribution in [-0.4, -0.2) is 14.5 Å². The molecule has 0 atom stereocenters. The van der Waals surface area contributed by atoms with Crippen LogP contribution in [-0.2, 0) is 13.5 Å². The van der Waals surface area contributed by atoms with Gasteiger partial charge >= 0.3 is 5.71 Å². The van der Waals surface area contributed by atoms with E-state index in [9.17, 15) is 0 Å². The highest BCUT2D eigenvalue weighted by atomic mass is 16.3. The van der Waals surface area contributed by atoms with Crippen LogP contribution >= 0.6 is 0 Å². The molecule has 96 valence electrons. The fraction of sp³-hybridized carbons (Fsp3) is 0.133. The van der Waals surface area contributed by atoms with Crippen molar-refractivity contribution >= 4 is 22.3 Å². The Bertz CT molecular complexity index is 1090. The molecule has 4 aromatic heterocycles. The Morgan fingerprint density at radius 2 is 2.40 bits per heavy atom. The molecule has 0 unspecified atom stereocenters. The van der Waals surface area contributed by atoms with Crippen LogP contribution in [0.2, 0.25) is 0 Å². The highest BCUT2D eigenvalue weighted by Crippen LogP contribution is 2.36. The van der Waals surface area contributed by atoms with Gasteiger partial charge in [-0.3, -0.25) is 4.98 Å². The van der Waals surface area contributed by atoms with Crippen LogP contribution < -0.4 is 4.57 Å². The lowest BCUT2D eigenvalue weighted by Gasteiger charge is -1.93. The van der Waals surface area contributed by atoms with Crippen LogP contribution in [0.25, 0.3) is 33.7 Å². The van der Waals surface area contributed by atoms with Crippen molar-refractivity contribution in [3.8, 4) is 11.4 Å². The monoisotopic (exact) mass is 266 g/mol. The second kappa shape index (κ2) is 3.25. The number of hydrogen-bond acceptors (Lipinski definition) is 3. The molecular formula is C15H11N4O+. The van der Waals surface area contributed by atoms with E-state index in [1.54, 1.807) is 30.7 Å². The van der Waals surface area contributed by atoms with Crippen LogP contribution in [0.15, 0.2) is 41.2 Å². The molecule has 5 heterocycles. The first-order valence-corrected chi connectivity index (χ1v) is 6.31. The first kappa shape index (κ1) is 7.79. The summed E-state index contributed by atoms with van der Waals surface area (Å²) in [4.78, 5) is 8.52. The summed E-state index contributed by atoms with van der Waals surface area (Å²) < 4.78 is 32.9. The third kappa shape index (κ3) is 1.02. The van der Waals surface area contributed by atoms with Crippen LogP contribution in [0.4, 0.5) is 0 Å². The van der Waals surface area contributed by atoms with Crippen molar-refractivity contribution in [2.75, 3.05) is 0 Å². The molecule has 0 amide bonds. The van der Waals surface area contributed by atoms with Crippen molar-refractivity contribution in [1.82, 2.24) is 14.5 Å². The molecule has 0 aromatic carbocycles. The van der Waals surface area contributed by atoms with Crippen LogP contribution in [0.3, 0.4) is 0 Å². The lowest BCUT2D eigenvalue weighted by atomic mass is 10.2. The van der Waals surface area contributed by atoms with E-state index >= 15 is 0 Å². The highest BCUT2D eigenvalue weighted by Gasteiger charge is 2.36. The van der Waals surface area contributed by atoms with E-state index in [-0.39, 0.29) is 0 Å². The van der Waals surface area contributed by atoms with Crippen molar-refractivity contribution < 1.29 is 13.1 Å². The predicted octanol–water partition coefficient (Wildman–Crippen LogP) is 2.03. The van der Waals surface area contributed by atoms with Crippen molar-refractivity contribution in [3.63, 3.8) is 0 Å². The van der Waals surface area contributed by atoms with E-state index < -0.39 is 6.98 Å². The van der Waals surface area contributed by atoms with Gasteiger partial charge in [0.25, 0.3) is 5.82 Å². The molecule has 0 saturated heterocycles. The molecule has 0 N–H and O–H groups in total. The maximum absolute atomic E-state index is 7.94. The van der Waals surface area contributed by atoms with Gasteiger partial charge in [0, 0.05) is 24.2 Å². The molecule has 5 heteroatoms. The smallest absolute Gasteiger partial charge is 0.340 e. The molecular weight excluding hydrogens is 252 g/mol. The molecule has 0 bridgehead atoms. The minimum Gasteiger partial charge on any atom is -0.417 e. The zero-order chi connectivity index (χ0) is 15.8. The number of fused-ring (bicyclic) bond motifs is 7. The second-order valence-electron chi connectivity index (χ2n) is 4.88. The number of hydrogen-bond donors (Lipinski definition) is 0. The predicted molar refractivity (Wildman–Crippen MR) is 73.0 cm³/mol. The maximum atomic E-state index is 7.94. The SMILES string of the molecule is [2H]C([2H])([2H])[n+]1c2n(c3c4ncccc4oc31)Cc1cnccc1-2. The number of nitrogens with zero attached hydrogens (tertiary/aromatic N) is 4. The third-order valence-corrected chi connectivity index (χ3v) is 3.82. The number of aromatic nitrogens is 4. The van der Waals surface area contributed by atoms with Crippen LogP contribution in [0.5, 0.6) is 0 Å². The summed E-state index contributed by atoms with van der Waals surface area (Å²) >= 11 is 0. The van der Waals surface area contributed by atoms with Gasteiger partial charge in [-0.05, 0) is 18.2 Å². The molecule has 5 rings (SSSR count). The van der Waals surface area contributed by atoms with E-state index in [0.29, 0.717) is 34.7 Å². The molecule has 0 aliphatic carbocycles. The molecule has 5 nitrogen and oxygen atoms in total. The molecule has 1 aliphatic rings. The van der Waals surface area contributed by atoms with Crippen molar-refractivity contribution in [1.29, 1.82) is 0 Å². The Balaban J connectivity index is 2.01. The largest absolute Gasteiger partial charge is 0.417 e. The van der Waals surface area contributed by atoms with E-state index in [1.165, 1.54) is 4.57 Å². The Kier molecular flexibility index (Phi) is 1.27. The molecule has 1 aliphatic heterocycles. The van der Waals surface area contributed by atoms with Crippen molar-refractivity contribution in [2.24, 2.45) is 6.98 Å². The van der Waals surface area contributed by atoms with E-state index in [0.717, 1.165) is 11.1 Å².